The molecule has 1 amide bonds. The lowest BCUT2D eigenvalue weighted by Gasteiger charge is -2.05. The van der Waals surface area contributed by atoms with Crippen molar-refractivity contribution in [3.05, 3.63) is 22.7 Å². The van der Waals surface area contributed by atoms with Gasteiger partial charge in [0.2, 0.25) is 5.01 Å². The number of thioether (sulfide) groups is 2. The van der Waals surface area contributed by atoms with Crippen LogP contribution < -0.4 is 0 Å². The number of rotatable bonds is 4. The Morgan fingerprint density at radius 2 is 1.33 bits per heavy atom. The highest BCUT2D eigenvalue weighted by atomic mass is 32.2. The second-order valence-electron chi connectivity index (χ2n) is 5.62. The van der Waals surface area contributed by atoms with Gasteiger partial charge in [0.05, 0.1) is 0 Å². The molecule has 0 aliphatic rings. The summed E-state index contributed by atoms with van der Waals surface area (Å²) >= 11 is 5.28. The highest BCUT2D eigenvalue weighted by Crippen LogP contribution is 2.27. The van der Waals surface area contributed by atoms with Gasteiger partial charge in [-0.2, -0.15) is 0 Å². The summed E-state index contributed by atoms with van der Waals surface area (Å²) in [6.07, 6.45) is 6.70. The minimum Gasteiger partial charge on any atom is -0.476 e. The molecule has 0 unspecified atom stereocenters. The molecule has 30 heavy (non-hydrogen) atoms. The largest absolute Gasteiger partial charge is 0.476 e. The fourth-order valence-electron chi connectivity index (χ4n) is 2.14. The lowest BCUT2D eigenvalue weighted by Crippen LogP contribution is -2.21. The third-order valence-corrected chi connectivity index (χ3v) is 6.76. The minimum atomic E-state index is -1.03. The first kappa shape index (κ1) is 22.3. The van der Waals surface area contributed by atoms with Gasteiger partial charge >= 0.3 is 5.97 Å². The van der Waals surface area contributed by atoms with Crippen LogP contribution in [0.3, 0.4) is 0 Å². The fourth-order valence-corrected chi connectivity index (χ4v) is 4.92. The molecule has 0 bridgehead atoms. The van der Waals surface area contributed by atoms with Gasteiger partial charge in [0.1, 0.15) is 43.4 Å². The zero-order valence-electron chi connectivity index (χ0n) is 16.2. The SMILES string of the molecule is CSc1ncnc2sc(C(=O)N(C)C)nc12.CSc1ncnc2sc(C(=O)O)nc12. The van der Waals surface area contributed by atoms with E-state index in [-0.39, 0.29) is 10.9 Å². The van der Waals surface area contributed by atoms with Gasteiger partial charge in [-0.05, 0) is 12.5 Å². The van der Waals surface area contributed by atoms with E-state index >= 15 is 0 Å². The molecule has 0 saturated carbocycles. The summed E-state index contributed by atoms with van der Waals surface area (Å²) in [6.45, 7) is 0. The van der Waals surface area contributed by atoms with Gasteiger partial charge in [-0.3, -0.25) is 4.79 Å². The predicted octanol–water partition coefficient (Wildman–Crippen LogP) is 3.02. The minimum absolute atomic E-state index is 0.0517. The quantitative estimate of drug-likeness (QED) is 0.340. The van der Waals surface area contributed by atoms with Crippen LogP contribution in [0.2, 0.25) is 0 Å². The van der Waals surface area contributed by atoms with Crippen molar-refractivity contribution >= 4 is 78.8 Å². The fraction of sp³-hybridized carbons (Fsp3) is 0.250. The standard InChI is InChI=1S/C9H10N4OS2.C7H5N3O2S2/c1-13(2)9(14)8-12-5-6(15-3)10-4-11-7(5)16-8;1-13-4-3-5(9-2-8-4)14-6(10-3)7(11)12/h4H,1-3H3;2H,1H3,(H,11,12). The van der Waals surface area contributed by atoms with Crippen LogP contribution in [0.1, 0.15) is 19.6 Å². The topological polar surface area (TPSA) is 135 Å². The molecule has 4 rings (SSSR count). The van der Waals surface area contributed by atoms with E-state index in [2.05, 4.69) is 29.9 Å². The van der Waals surface area contributed by atoms with E-state index in [9.17, 15) is 9.59 Å². The second-order valence-corrected chi connectivity index (χ2v) is 9.16. The Labute approximate surface area is 187 Å². The Morgan fingerprint density at radius 1 is 0.867 bits per heavy atom. The lowest BCUT2D eigenvalue weighted by atomic mass is 10.5. The van der Waals surface area contributed by atoms with E-state index in [1.165, 1.54) is 52.4 Å². The molecule has 10 nitrogen and oxygen atoms in total. The van der Waals surface area contributed by atoms with Crippen molar-refractivity contribution in [3.8, 4) is 0 Å². The normalized spacial score (nSPS) is 10.7. The molecule has 4 heterocycles. The number of thiazole rings is 2. The molecular formula is C16H15N7O3S4. The maximum absolute atomic E-state index is 11.7. The monoisotopic (exact) mass is 481 g/mol. The number of amides is 1. The number of aromatic carboxylic acids is 1. The number of hydrogen-bond acceptors (Lipinski definition) is 12. The van der Waals surface area contributed by atoms with Crippen LogP contribution in [0.4, 0.5) is 0 Å². The van der Waals surface area contributed by atoms with E-state index in [0.29, 0.717) is 25.9 Å². The number of carboxylic acid groups (broad SMARTS) is 1. The van der Waals surface area contributed by atoms with Crippen LogP contribution >= 0.6 is 46.2 Å². The third-order valence-electron chi connectivity index (χ3n) is 3.48. The van der Waals surface area contributed by atoms with E-state index in [1.54, 1.807) is 14.1 Å². The summed E-state index contributed by atoms with van der Waals surface area (Å²) in [5, 5.41) is 10.8. The molecule has 0 atom stereocenters. The van der Waals surface area contributed by atoms with Crippen molar-refractivity contribution in [3.63, 3.8) is 0 Å². The first-order valence-electron chi connectivity index (χ1n) is 8.11. The van der Waals surface area contributed by atoms with Crippen molar-refractivity contribution in [2.24, 2.45) is 0 Å². The highest BCUT2D eigenvalue weighted by molar-refractivity contribution is 7.99. The number of carboxylic acids is 1. The maximum Gasteiger partial charge on any atom is 0.365 e. The van der Waals surface area contributed by atoms with E-state index in [4.69, 9.17) is 5.11 Å². The van der Waals surface area contributed by atoms with Gasteiger partial charge in [-0.15, -0.1) is 23.5 Å². The Morgan fingerprint density at radius 3 is 1.77 bits per heavy atom. The number of carbonyl (C=O) groups is 2. The molecule has 0 aromatic carbocycles. The highest BCUT2D eigenvalue weighted by Gasteiger charge is 2.17. The number of aromatic nitrogens is 6. The Kier molecular flexibility index (Phi) is 7.12. The lowest BCUT2D eigenvalue weighted by molar-refractivity contribution is 0.0696. The molecule has 156 valence electrons. The van der Waals surface area contributed by atoms with Crippen LogP contribution in [-0.2, 0) is 0 Å². The maximum atomic E-state index is 11.7. The van der Waals surface area contributed by atoms with Crippen molar-refractivity contribution in [1.29, 1.82) is 0 Å². The molecule has 14 heteroatoms. The summed E-state index contributed by atoms with van der Waals surface area (Å²) in [6, 6.07) is 0. The van der Waals surface area contributed by atoms with Crippen molar-refractivity contribution in [2.45, 2.75) is 10.1 Å². The average molecular weight is 482 g/mol. The van der Waals surface area contributed by atoms with Crippen molar-refractivity contribution < 1.29 is 14.7 Å². The van der Waals surface area contributed by atoms with Gasteiger partial charge in [0, 0.05) is 14.1 Å². The van der Waals surface area contributed by atoms with Gasteiger partial charge in [0.15, 0.2) is 5.01 Å². The Hall–Kier alpha value is -2.42. The molecular weight excluding hydrogens is 466 g/mol. The van der Waals surface area contributed by atoms with Gasteiger partial charge in [0.25, 0.3) is 5.91 Å². The summed E-state index contributed by atoms with van der Waals surface area (Å²) in [5.41, 5.74) is 1.28. The molecule has 1 N–H and O–H groups in total. The van der Waals surface area contributed by atoms with E-state index in [0.717, 1.165) is 21.2 Å². The first-order chi connectivity index (χ1) is 14.3. The van der Waals surface area contributed by atoms with Crippen LogP contribution in [-0.4, -0.2) is 78.4 Å². The number of carbonyl (C=O) groups excluding carboxylic acids is 1. The number of nitrogens with zero attached hydrogens (tertiary/aromatic N) is 7. The van der Waals surface area contributed by atoms with Gasteiger partial charge < -0.3 is 10.0 Å². The summed E-state index contributed by atoms with van der Waals surface area (Å²) in [7, 11) is 3.41. The molecule has 4 aromatic rings. The number of fused-ring (bicyclic) bond motifs is 2. The van der Waals surface area contributed by atoms with Crippen LogP contribution in [0.5, 0.6) is 0 Å². The van der Waals surface area contributed by atoms with Crippen molar-refractivity contribution in [1.82, 2.24) is 34.8 Å². The molecule has 0 fully saturated rings. The molecule has 0 spiro atoms. The van der Waals surface area contributed by atoms with Crippen LogP contribution in [0.25, 0.3) is 20.7 Å². The summed E-state index contributed by atoms with van der Waals surface area (Å²) in [4.78, 5) is 49.7. The molecule has 4 aromatic heterocycles. The number of hydrogen-bond donors (Lipinski definition) is 1. The molecule has 0 radical (unpaired) electrons. The smallest absolute Gasteiger partial charge is 0.365 e. The predicted molar refractivity (Wildman–Crippen MR) is 119 cm³/mol. The van der Waals surface area contributed by atoms with Crippen LogP contribution in [0, 0.1) is 0 Å². The zero-order chi connectivity index (χ0) is 21.8. The Bertz CT molecular complexity index is 1220. The Balaban J connectivity index is 0.000000172. The molecule has 0 aliphatic carbocycles. The second kappa shape index (κ2) is 9.59. The average Bonchev–Trinajstić information content (AvgIpc) is 3.37. The zero-order valence-corrected chi connectivity index (χ0v) is 19.4. The third kappa shape index (κ3) is 4.66. The first-order valence-corrected chi connectivity index (χ1v) is 12.2. The summed E-state index contributed by atoms with van der Waals surface area (Å²) < 4.78 is 0. The van der Waals surface area contributed by atoms with E-state index < -0.39 is 5.97 Å². The molecule has 0 saturated heterocycles. The summed E-state index contributed by atoms with van der Waals surface area (Å²) in [5.74, 6) is -1.13. The molecule has 0 aliphatic heterocycles. The van der Waals surface area contributed by atoms with Crippen LogP contribution in [0.15, 0.2) is 22.7 Å². The van der Waals surface area contributed by atoms with Gasteiger partial charge in [-0.1, -0.05) is 22.7 Å². The van der Waals surface area contributed by atoms with Gasteiger partial charge in [-0.25, -0.2) is 34.7 Å². The van der Waals surface area contributed by atoms with Crippen molar-refractivity contribution in [2.75, 3.05) is 26.6 Å². The van der Waals surface area contributed by atoms with E-state index in [1.807, 2.05) is 12.5 Å².